The first-order chi connectivity index (χ1) is 11.2. The van der Waals surface area contributed by atoms with Crippen LogP contribution in [0.2, 0.25) is 0 Å². The molecule has 1 aromatic heterocycles. The molecule has 0 fully saturated rings. The molecule has 23 heavy (non-hydrogen) atoms. The van der Waals surface area contributed by atoms with Gasteiger partial charge in [-0.25, -0.2) is 9.97 Å². The molecule has 6 nitrogen and oxygen atoms in total. The fourth-order valence-corrected chi connectivity index (χ4v) is 2.27. The van der Waals surface area contributed by atoms with E-state index in [-0.39, 0.29) is 5.91 Å². The first kappa shape index (κ1) is 14.8. The Balaban J connectivity index is 2.00. The topological polar surface area (TPSA) is 76.1 Å². The number of carbonyl (C=O) groups excluding carboxylic acids is 1. The number of amides is 1. The molecule has 2 N–H and O–H groups in total. The van der Waals surface area contributed by atoms with E-state index in [1.807, 2.05) is 42.5 Å². The fraction of sp³-hybridized carbons (Fsp3) is 0.118. The Hall–Kier alpha value is -3.15. The number of hydrogen-bond acceptors (Lipinski definition) is 5. The molecule has 6 heteroatoms. The summed E-state index contributed by atoms with van der Waals surface area (Å²) in [6, 6.07) is 13.1. The SMILES string of the molecule is COc1cccc(Nc2ncnc3ccc(NC(C)=O)cc23)c1. The molecule has 0 aliphatic rings. The monoisotopic (exact) mass is 308 g/mol. The lowest BCUT2D eigenvalue weighted by Crippen LogP contribution is -2.05. The van der Waals surface area contributed by atoms with E-state index in [0.717, 1.165) is 22.3 Å². The molecule has 0 atom stereocenters. The van der Waals surface area contributed by atoms with Crippen LogP contribution < -0.4 is 15.4 Å². The van der Waals surface area contributed by atoms with Gasteiger partial charge in [0, 0.05) is 29.8 Å². The summed E-state index contributed by atoms with van der Waals surface area (Å²) in [5, 5.41) is 6.84. The van der Waals surface area contributed by atoms with E-state index in [1.165, 1.54) is 13.3 Å². The van der Waals surface area contributed by atoms with Crippen molar-refractivity contribution in [1.29, 1.82) is 0 Å². The van der Waals surface area contributed by atoms with E-state index in [0.29, 0.717) is 11.5 Å². The highest BCUT2D eigenvalue weighted by Crippen LogP contribution is 2.27. The summed E-state index contributed by atoms with van der Waals surface area (Å²) in [5.41, 5.74) is 2.35. The van der Waals surface area contributed by atoms with Crippen molar-refractivity contribution >= 4 is 34.0 Å². The molecule has 1 heterocycles. The Morgan fingerprint density at radius 3 is 2.74 bits per heavy atom. The first-order valence-electron chi connectivity index (χ1n) is 7.09. The molecule has 3 rings (SSSR count). The fourth-order valence-electron chi connectivity index (χ4n) is 2.27. The van der Waals surface area contributed by atoms with Gasteiger partial charge in [0.05, 0.1) is 12.6 Å². The highest BCUT2D eigenvalue weighted by atomic mass is 16.5. The van der Waals surface area contributed by atoms with Crippen molar-refractivity contribution in [3.8, 4) is 5.75 Å². The number of rotatable bonds is 4. The number of nitrogens with one attached hydrogen (secondary N) is 2. The van der Waals surface area contributed by atoms with Gasteiger partial charge in [-0.1, -0.05) is 6.07 Å². The highest BCUT2D eigenvalue weighted by molar-refractivity contribution is 5.96. The number of benzene rings is 2. The summed E-state index contributed by atoms with van der Waals surface area (Å²) < 4.78 is 5.22. The molecular formula is C17H16N4O2. The number of carbonyl (C=O) groups is 1. The van der Waals surface area contributed by atoms with E-state index < -0.39 is 0 Å². The summed E-state index contributed by atoms with van der Waals surface area (Å²) in [6.07, 6.45) is 1.50. The minimum Gasteiger partial charge on any atom is -0.497 e. The zero-order valence-corrected chi connectivity index (χ0v) is 12.8. The zero-order chi connectivity index (χ0) is 16.2. The van der Waals surface area contributed by atoms with Crippen molar-refractivity contribution in [2.45, 2.75) is 6.92 Å². The molecule has 0 radical (unpaired) electrons. The van der Waals surface area contributed by atoms with Crippen molar-refractivity contribution in [1.82, 2.24) is 9.97 Å². The Labute approximate surface area is 133 Å². The third-order valence-electron chi connectivity index (χ3n) is 3.29. The standard InChI is InChI=1S/C17H16N4O2/c1-11(22)20-13-6-7-16-15(9-13)17(19-10-18-16)21-12-4-3-5-14(8-12)23-2/h3-10H,1-2H3,(H,20,22)(H,18,19,21). The van der Waals surface area contributed by atoms with Crippen LogP contribution in [0, 0.1) is 0 Å². The number of hydrogen-bond donors (Lipinski definition) is 2. The van der Waals surface area contributed by atoms with E-state index >= 15 is 0 Å². The van der Waals surface area contributed by atoms with Gasteiger partial charge in [-0.05, 0) is 30.3 Å². The predicted octanol–water partition coefficient (Wildman–Crippen LogP) is 3.34. The van der Waals surface area contributed by atoms with Crippen molar-refractivity contribution in [2.24, 2.45) is 0 Å². The normalized spacial score (nSPS) is 10.3. The van der Waals surface area contributed by atoms with E-state index in [4.69, 9.17) is 4.74 Å². The van der Waals surface area contributed by atoms with Gasteiger partial charge < -0.3 is 15.4 Å². The zero-order valence-electron chi connectivity index (χ0n) is 12.8. The molecule has 0 saturated heterocycles. The third-order valence-corrected chi connectivity index (χ3v) is 3.29. The van der Waals surface area contributed by atoms with Crippen LogP contribution >= 0.6 is 0 Å². The van der Waals surface area contributed by atoms with Gasteiger partial charge in [0.15, 0.2) is 0 Å². The first-order valence-corrected chi connectivity index (χ1v) is 7.09. The molecule has 0 spiro atoms. The molecule has 0 aliphatic heterocycles. The van der Waals surface area contributed by atoms with Crippen molar-refractivity contribution in [3.05, 3.63) is 48.8 Å². The lowest BCUT2D eigenvalue weighted by atomic mass is 10.2. The van der Waals surface area contributed by atoms with Crippen LogP contribution in [0.1, 0.15) is 6.92 Å². The lowest BCUT2D eigenvalue weighted by Gasteiger charge is -2.10. The van der Waals surface area contributed by atoms with Crippen LogP contribution in [-0.2, 0) is 4.79 Å². The van der Waals surface area contributed by atoms with Crippen LogP contribution in [-0.4, -0.2) is 23.0 Å². The minimum absolute atomic E-state index is 0.122. The lowest BCUT2D eigenvalue weighted by molar-refractivity contribution is -0.114. The van der Waals surface area contributed by atoms with Gasteiger partial charge in [0.25, 0.3) is 0 Å². The number of ether oxygens (including phenoxy) is 1. The molecule has 2 aromatic carbocycles. The summed E-state index contributed by atoms with van der Waals surface area (Å²) in [6.45, 7) is 1.47. The minimum atomic E-state index is -0.122. The molecule has 0 bridgehead atoms. The van der Waals surface area contributed by atoms with Crippen molar-refractivity contribution in [3.63, 3.8) is 0 Å². The van der Waals surface area contributed by atoms with Gasteiger partial charge >= 0.3 is 0 Å². The molecule has 116 valence electrons. The average molecular weight is 308 g/mol. The quantitative estimate of drug-likeness (QED) is 0.773. The van der Waals surface area contributed by atoms with Crippen LogP contribution in [0.5, 0.6) is 5.75 Å². The second-order valence-corrected chi connectivity index (χ2v) is 4.99. The predicted molar refractivity (Wildman–Crippen MR) is 90.1 cm³/mol. The molecule has 3 aromatic rings. The molecule has 1 amide bonds. The van der Waals surface area contributed by atoms with Gasteiger partial charge in [-0.2, -0.15) is 0 Å². The van der Waals surface area contributed by atoms with Crippen molar-refractivity contribution in [2.75, 3.05) is 17.7 Å². The number of methoxy groups -OCH3 is 1. The number of nitrogens with zero attached hydrogens (tertiary/aromatic N) is 2. The summed E-state index contributed by atoms with van der Waals surface area (Å²) in [4.78, 5) is 19.8. The Bertz CT molecular complexity index is 864. The molecular weight excluding hydrogens is 292 g/mol. The maximum atomic E-state index is 11.2. The molecule has 0 unspecified atom stereocenters. The summed E-state index contributed by atoms with van der Waals surface area (Å²) in [7, 11) is 1.62. The van der Waals surface area contributed by atoms with Crippen molar-refractivity contribution < 1.29 is 9.53 Å². The highest BCUT2D eigenvalue weighted by Gasteiger charge is 2.06. The van der Waals surface area contributed by atoms with Gasteiger partial charge in [0.2, 0.25) is 5.91 Å². The van der Waals surface area contributed by atoms with Crippen LogP contribution in [0.3, 0.4) is 0 Å². The molecule has 0 saturated carbocycles. The maximum absolute atomic E-state index is 11.2. The Morgan fingerprint density at radius 2 is 1.96 bits per heavy atom. The number of aromatic nitrogens is 2. The average Bonchev–Trinajstić information content (AvgIpc) is 2.55. The van der Waals surface area contributed by atoms with Gasteiger partial charge in [0.1, 0.15) is 17.9 Å². The summed E-state index contributed by atoms with van der Waals surface area (Å²) in [5.74, 6) is 1.30. The maximum Gasteiger partial charge on any atom is 0.221 e. The molecule has 0 aliphatic carbocycles. The summed E-state index contributed by atoms with van der Waals surface area (Å²) >= 11 is 0. The smallest absolute Gasteiger partial charge is 0.221 e. The van der Waals surface area contributed by atoms with Crippen LogP contribution in [0.25, 0.3) is 10.9 Å². The third kappa shape index (κ3) is 3.37. The van der Waals surface area contributed by atoms with E-state index in [1.54, 1.807) is 7.11 Å². The van der Waals surface area contributed by atoms with Gasteiger partial charge in [-0.15, -0.1) is 0 Å². The Kier molecular flexibility index (Phi) is 4.05. The second-order valence-electron chi connectivity index (χ2n) is 4.99. The van der Waals surface area contributed by atoms with E-state index in [2.05, 4.69) is 20.6 Å². The number of anilines is 3. The van der Waals surface area contributed by atoms with Crippen LogP contribution in [0.15, 0.2) is 48.8 Å². The second kappa shape index (κ2) is 6.31. The van der Waals surface area contributed by atoms with Gasteiger partial charge in [-0.3, -0.25) is 4.79 Å². The van der Waals surface area contributed by atoms with Crippen LogP contribution in [0.4, 0.5) is 17.2 Å². The van der Waals surface area contributed by atoms with E-state index in [9.17, 15) is 4.79 Å². The Morgan fingerprint density at radius 1 is 1.09 bits per heavy atom. The number of fused-ring (bicyclic) bond motifs is 1. The largest absolute Gasteiger partial charge is 0.497 e.